The minimum Gasteiger partial charge on any atom is -0.507 e. The zero-order chi connectivity index (χ0) is 66.8. The van der Waals surface area contributed by atoms with Gasteiger partial charge in [-0.1, -0.05) is 104 Å². The van der Waals surface area contributed by atoms with Crippen molar-refractivity contribution in [2.24, 2.45) is 5.92 Å². The normalized spacial score (nSPS) is 12.6. The minimum atomic E-state index is -0.293. The maximum absolute atomic E-state index is 11.5. The Labute approximate surface area is 545 Å². The maximum Gasteiger partial charge on any atom is 0.167 e. The number of benzene rings is 6. The van der Waals surface area contributed by atoms with Crippen molar-refractivity contribution in [2.45, 2.75) is 168 Å². The lowest BCUT2D eigenvalue weighted by Crippen LogP contribution is -2.29. The van der Waals surface area contributed by atoms with E-state index in [0.717, 1.165) is 99.3 Å². The second-order valence-corrected chi connectivity index (χ2v) is 24.7. The second kappa shape index (κ2) is 33.9. The van der Waals surface area contributed by atoms with Gasteiger partial charge in [-0.3, -0.25) is 4.79 Å². The third-order valence-corrected chi connectivity index (χ3v) is 16.5. The molecule has 0 aliphatic rings. The number of hydrogen-bond acceptors (Lipinski definition) is 16. The number of phenolic OH excluding ortho intramolecular Hbond substituents is 2. The average Bonchev–Trinajstić information content (AvgIpc) is 0.795. The van der Waals surface area contributed by atoms with Crippen LogP contribution in [0.5, 0.6) is 23.0 Å². The van der Waals surface area contributed by atoms with E-state index in [0.29, 0.717) is 89.2 Å². The summed E-state index contributed by atoms with van der Waals surface area (Å²) in [6.07, 6.45) is 4.13. The molecule has 0 saturated heterocycles. The highest BCUT2D eigenvalue weighted by Crippen LogP contribution is 2.38. The molecule has 0 aliphatic heterocycles. The van der Waals surface area contributed by atoms with Gasteiger partial charge in [-0.05, 0) is 179 Å². The van der Waals surface area contributed by atoms with E-state index in [1.165, 1.54) is 11.1 Å². The average molecular weight is 1250 g/mol. The van der Waals surface area contributed by atoms with Gasteiger partial charge in [0.05, 0.1) is 29.4 Å². The van der Waals surface area contributed by atoms with Crippen LogP contribution in [0.3, 0.4) is 0 Å². The van der Waals surface area contributed by atoms with Gasteiger partial charge in [-0.25, -0.2) is 29.9 Å². The number of aryl methyl sites for hydroxylation is 8. The fourth-order valence-electron chi connectivity index (χ4n) is 10.6. The van der Waals surface area contributed by atoms with Gasteiger partial charge in [0, 0.05) is 66.9 Å². The quantitative estimate of drug-likeness (QED) is 0.0282. The molecule has 0 bridgehead atoms. The molecule has 3 N–H and O–H groups in total. The first-order valence-electron chi connectivity index (χ1n) is 32.2. The Bertz CT molecular complexity index is 3760. The van der Waals surface area contributed by atoms with Gasteiger partial charge in [0.15, 0.2) is 34.9 Å². The number of hydrogen-bond donors (Lipinski definition) is 3. The van der Waals surface area contributed by atoms with Crippen molar-refractivity contribution >= 4 is 11.6 Å². The third kappa shape index (κ3) is 20.1. The van der Waals surface area contributed by atoms with E-state index in [2.05, 4.69) is 78.0 Å². The number of aromatic nitrogens is 6. The molecule has 0 aliphatic carbocycles. The summed E-state index contributed by atoms with van der Waals surface area (Å²) in [5.41, 5.74) is 15.4. The molecule has 0 radical (unpaired) electrons. The molecule has 16 nitrogen and oxygen atoms in total. The Morgan fingerprint density at radius 2 is 0.924 bits per heavy atom. The number of carbonyl (C=O) groups is 2. The zero-order valence-corrected chi connectivity index (χ0v) is 57.0. The van der Waals surface area contributed by atoms with Crippen molar-refractivity contribution < 1.29 is 43.5 Å². The molecular formula is C76H95N7O9. The fraction of sp³-hybridized carbons (Fsp3) is 0.421. The molecule has 2 aromatic heterocycles. The predicted molar refractivity (Wildman–Crippen MR) is 366 cm³/mol. The van der Waals surface area contributed by atoms with Crippen molar-refractivity contribution in [2.75, 3.05) is 39.7 Å². The molecule has 8 aromatic rings. The number of ether oxygens (including phenoxy) is 5. The third-order valence-electron chi connectivity index (χ3n) is 16.5. The first-order chi connectivity index (χ1) is 43.9. The minimum absolute atomic E-state index is 0.0126. The maximum atomic E-state index is 11.5. The monoisotopic (exact) mass is 1250 g/mol. The van der Waals surface area contributed by atoms with Crippen LogP contribution < -0.4 is 14.8 Å². The number of ketones is 2. The smallest absolute Gasteiger partial charge is 0.167 e. The Hall–Kier alpha value is -8.28. The number of rotatable bonds is 30. The van der Waals surface area contributed by atoms with E-state index in [4.69, 9.17) is 53.6 Å². The van der Waals surface area contributed by atoms with Crippen LogP contribution >= 0.6 is 0 Å². The van der Waals surface area contributed by atoms with Gasteiger partial charge in [0.1, 0.15) is 54.6 Å². The Balaban J connectivity index is 0.000000546. The largest absolute Gasteiger partial charge is 0.507 e. The van der Waals surface area contributed by atoms with E-state index in [1.807, 2.05) is 97.0 Å². The second-order valence-electron chi connectivity index (χ2n) is 24.7. The lowest BCUT2D eigenvalue weighted by Gasteiger charge is -2.21. The van der Waals surface area contributed by atoms with Crippen molar-refractivity contribution in [3.63, 3.8) is 0 Å². The summed E-state index contributed by atoms with van der Waals surface area (Å²) in [4.78, 5) is 51.1. The lowest BCUT2D eigenvalue weighted by atomic mass is 9.98. The molecule has 92 heavy (non-hydrogen) atoms. The molecule has 2 heterocycles. The first kappa shape index (κ1) is 71.2. The molecule has 4 atom stereocenters. The molecule has 0 amide bonds. The molecule has 0 fully saturated rings. The topological polar surface area (TPSA) is 210 Å². The molecule has 0 saturated carbocycles. The van der Waals surface area contributed by atoms with Crippen molar-refractivity contribution in [1.29, 1.82) is 0 Å². The number of phenols is 2. The molecule has 6 aromatic carbocycles. The van der Waals surface area contributed by atoms with Crippen LogP contribution in [-0.2, 0) is 23.8 Å². The predicted octanol–water partition coefficient (Wildman–Crippen LogP) is 15.9. The summed E-state index contributed by atoms with van der Waals surface area (Å²) < 4.78 is 30.5. The van der Waals surface area contributed by atoms with E-state index >= 15 is 0 Å². The molecule has 16 heteroatoms. The first-order valence-corrected chi connectivity index (χ1v) is 32.2. The van der Waals surface area contributed by atoms with E-state index in [-0.39, 0.29) is 61.4 Å². The van der Waals surface area contributed by atoms with Crippen LogP contribution in [0.25, 0.3) is 68.3 Å². The number of aromatic hydroxyl groups is 2. The molecule has 8 rings (SSSR count). The Morgan fingerprint density at radius 3 is 1.41 bits per heavy atom. The highest BCUT2D eigenvalue weighted by atomic mass is 16.7. The molecule has 488 valence electrons. The van der Waals surface area contributed by atoms with Gasteiger partial charge < -0.3 is 44.0 Å². The van der Waals surface area contributed by atoms with Crippen molar-refractivity contribution in [1.82, 2.24) is 35.2 Å². The van der Waals surface area contributed by atoms with E-state index in [1.54, 1.807) is 38.1 Å². The van der Waals surface area contributed by atoms with Crippen molar-refractivity contribution in [3.05, 3.63) is 153 Å². The van der Waals surface area contributed by atoms with Gasteiger partial charge >= 0.3 is 0 Å². The summed E-state index contributed by atoms with van der Waals surface area (Å²) in [5.74, 6) is 4.77. The van der Waals surface area contributed by atoms with E-state index in [9.17, 15) is 19.8 Å². The highest BCUT2D eigenvalue weighted by Gasteiger charge is 2.22. The Morgan fingerprint density at radius 1 is 0.467 bits per heavy atom. The standard InChI is InChI=1S/C61H66N6O6.C15H29NO3/c1-13-44(31-70-46-19-24-51(53(68)29-46)60-64-58(49-22-17-36(5)27-40(49)9)63-59(67-60)50-23-18-37(6)42(11)43(50)12)72-33-73-45(14-2)32-71-55-30-54(69)52(28-41(55)10)61-65-56(47-20-15-34(3)25-38(47)7)62-57(66-61)48-21-16-35(4)26-39(48)8;1-12(6-5-7-13(2)17)11-19-15(4)10-16-9-8-14(3)18/h15-30,44-45,68-69H,13-14,31-33H2,1-12H3;12,15-16H,5-11H2,1-4H3. The van der Waals surface area contributed by atoms with Crippen LogP contribution in [0.15, 0.2) is 97.1 Å². The molecule has 4 unspecified atom stereocenters. The van der Waals surface area contributed by atoms with Crippen molar-refractivity contribution in [3.8, 4) is 91.3 Å². The molecule has 0 spiro atoms. The molecular weight excluding hydrogens is 1150 g/mol. The SMILES string of the molecule is CC(=O)CCCC(C)COC(C)CNCCC(C)=O.CCC(COc1ccc(-c2nc(-c3ccc(C)cc3C)nc(-c3ccc(C)c(C)c3C)n2)c(O)c1)OCOC(CC)COc1cc(O)c(-c2nc(-c3ccc(C)cc3C)nc(-c3ccc(C)cc3C)n2)cc1C. The number of Topliss-reactive ketones (excluding diaryl/α,β-unsaturated/α-hetero) is 2. The highest BCUT2D eigenvalue weighted by molar-refractivity contribution is 5.77. The van der Waals surface area contributed by atoms with Crippen LogP contribution in [-0.4, -0.2) is 110 Å². The van der Waals surface area contributed by atoms with Crippen LogP contribution in [0.2, 0.25) is 0 Å². The van der Waals surface area contributed by atoms with Gasteiger partial charge in [0.2, 0.25) is 0 Å². The summed E-state index contributed by atoms with van der Waals surface area (Å²) >= 11 is 0. The van der Waals surface area contributed by atoms with E-state index < -0.39 is 0 Å². The summed E-state index contributed by atoms with van der Waals surface area (Å²) in [7, 11) is 0. The Kier molecular flexibility index (Phi) is 26.2. The number of carbonyl (C=O) groups excluding carboxylic acids is 2. The summed E-state index contributed by atoms with van der Waals surface area (Å²) in [6.45, 7) is 34.7. The summed E-state index contributed by atoms with van der Waals surface area (Å²) in [6, 6.07) is 31.3. The number of nitrogens with one attached hydrogen (secondary N) is 1. The van der Waals surface area contributed by atoms with Crippen LogP contribution in [0, 0.1) is 75.2 Å². The van der Waals surface area contributed by atoms with Crippen LogP contribution in [0.4, 0.5) is 0 Å². The lowest BCUT2D eigenvalue weighted by molar-refractivity contribution is -0.133. The van der Waals surface area contributed by atoms with Crippen LogP contribution in [0.1, 0.15) is 136 Å². The van der Waals surface area contributed by atoms with Gasteiger partial charge in [0.25, 0.3) is 0 Å². The fourth-order valence-corrected chi connectivity index (χ4v) is 10.6. The van der Waals surface area contributed by atoms with Gasteiger partial charge in [-0.2, -0.15) is 0 Å². The summed E-state index contributed by atoms with van der Waals surface area (Å²) in [5, 5.41) is 26.2. The van der Waals surface area contributed by atoms with Gasteiger partial charge in [-0.15, -0.1) is 0 Å². The zero-order valence-electron chi connectivity index (χ0n) is 57.0. The number of nitrogens with zero attached hydrogens (tertiary/aromatic N) is 6.